The van der Waals surface area contributed by atoms with Crippen LogP contribution >= 0.6 is 12.2 Å². The van der Waals surface area contributed by atoms with Gasteiger partial charge in [0.15, 0.2) is 10.9 Å². The van der Waals surface area contributed by atoms with Crippen LogP contribution in [-0.4, -0.2) is 91.3 Å². The lowest BCUT2D eigenvalue weighted by molar-refractivity contribution is 0.0375. The van der Waals surface area contributed by atoms with E-state index in [9.17, 15) is 4.79 Å². The van der Waals surface area contributed by atoms with Crippen LogP contribution in [0.4, 0.5) is 0 Å². The van der Waals surface area contributed by atoms with Crippen molar-refractivity contribution in [3.8, 4) is 0 Å². The third-order valence-corrected chi connectivity index (χ3v) is 5.02. The van der Waals surface area contributed by atoms with Gasteiger partial charge >= 0.3 is 0 Å². The Balaban J connectivity index is 1.32. The number of piperazine rings is 1. The molecule has 0 aliphatic carbocycles. The van der Waals surface area contributed by atoms with Crippen molar-refractivity contribution < 1.29 is 13.9 Å². The number of carbonyl (C=O) groups is 1. The minimum Gasteiger partial charge on any atom is -0.459 e. The standard InChI is InChI=1S/C17H26N4O3S/c22-16(15-3-1-12-24-15)20-6-8-21(9-7-20)17(25)18-4-2-5-19-10-13-23-14-11-19/h1,3,12H,2,4-11,13-14H2,(H,18,25). The normalized spacial score (nSPS) is 19.0. The van der Waals surface area contributed by atoms with E-state index in [1.165, 1.54) is 6.26 Å². The molecular formula is C17H26N4O3S. The molecule has 1 aromatic rings. The number of hydrogen-bond donors (Lipinski definition) is 1. The van der Waals surface area contributed by atoms with Crippen LogP contribution in [0.15, 0.2) is 22.8 Å². The first kappa shape index (κ1) is 18.2. The molecule has 1 N–H and O–H groups in total. The molecular weight excluding hydrogens is 340 g/mol. The Hall–Kier alpha value is -1.64. The molecule has 0 unspecified atom stereocenters. The number of rotatable bonds is 5. The van der Waals surface area contributed by atoms with Gasteiger partial charge in [0.1, 0.15) is 0 Å². The van der Waals surface area contributed by atoms with E-state index in [4.69, 9.17) is 21.4 Å². The second-order valence-electron chi connectivity index (χ2n) is 6.30. The molecule has 0 spiro atoms. The van der Waals surface area contributed by atoms with Crippen LogP contribution in [0, 0.1) is 0 Å². The SMILES string of the molecule is O=C(c1ccco1)N1CCN(C(=S)NCCCN2CCOCC2)CC1. The monoisotopic (exact) mass is 366 g/mol. The molecule has 0 aromatic carbocycles. The third-order valence-electron chi connectivity index (χ3n) is 4.62. The quantitative estimate of drug-likeness (QED) is 0.606. The first-order valence-corrected chi connectivity index (χ1v) is 9.30. The van der Waals surface area contributed by atoms with Crippen LogP contribution in [0.1, 0.15) is 17.0 Å². The predicted molar refractivity (Wildman–Crippen MR) is 98.7 cm³/mol. The average Bonchev–Trinajstić information content (AvgIpc) is 3.20. The number of carbonyl (C=O) groups excluding carboxylic acids is 1. The fraction of sp³-hybridized carbons (Fsp3) is 0.647. The Bertz CT molecular complexity index is 552. The lowest BCUT2D eigenvalue weighted by Gasteiger charge is -2.36. The highest BCUT2D eigenvalue weighted by atomic mass is 32.1. The lowest BCUT2D eigenvalue weighted by atomic mass is 10.3. The van der Waals surface area contributed by atoms with E-state index >= 15 is 0 Å². The molecule has 0 bridgehead atoms. The van der Waals surface area contributed by atoms with Gasteiger partial charge in [0.2, 0.25) is 0 Å². The topological polar surface area (TPSA) is 61.2 Å². The molecule has 3 rings (SSSR count). The predicted octanol–water partition coefficient (Wildman–Crippen LogP) is 0.634. The third kappa shape index (κ3) is 5.17. The molecule has 7 nitrogen and oxygen atoms in total. The average molecular weight is 366 g/mol. The second kappa shape index (κ2) is 9.17. The number of hydrogen-bond acceptors (Lipinski definition) is 5. The maximum Gasteiger partial charge on any atom is 0.289 e. The zero-order chi connectivity index (χ0) is 17.5. The van der Waals surface area contributed by atoms with Crippen molar-refractivity contribution in [1.82, 2.24) is 20.0 Å². The number of thiocarbonyl (C=S) groups is 1. The van der Waals surface area contributed by atoms with E-state index in [1.54, 1.807) is 12.1 Å². The van der Waals surface area contributed by atoms with E-state index in [1.807, 2.05) is 4.90 Å². The van der Waals surface area contributed by atoms with Crippen LogP contribution in [-0.2, 0) is 4.74 Å². The number of nitrogens with zero attached hydrogens (tertiary/aromatic N) is 3. The summed E-state index contributed by atoms with van der Waals surface area (Å²) in [6, 6.07) is 3.44. The Labute approximate surface area is 153 Å². The summed E-state index contributed by atoms with van der Waals surface area (Å²) in [5.74, 6) is 0.353. The van der Waals surface area contributed by atoms with Crippen LogP contribution in [0.25, 0.3) is 0 Å². The summed E-state index contributed by atoms with van der Waals surface area (Å²) in [6.07, 6.45) is 2.59. The van der Waals surface area contributed by atoms with E-state index in [0.29, 0.717) is 18.8 Å². The fourth-order valence-electron chi connectivity index (χ4n) is 3.10. The number of morpholine rings is 1. The van der Waals surface area contributed by atoms with E-state index in [-0.39, 0.29) is 5.91 Å². The number of furan rings is 1. The van der Waals surface area contributed by atoms with Gasteiger partial charge < -0.3 is 24.3 Å². The fourth-order valence-corrected chi connectivity index (χ4v) is 3.39. The Morgan fingerprint density at radius 2 is 1.84 bits per heavy atom. The van der Waals surface area contributed by atoms with Crippen molar-refractivity contribution in [2.45, 2.75) is 6.42 Å². The van der Waals surface area contributed by atoms with Crippen LogP contribution in [0.3, 0.4) is 0 Å². The molecule has 0 radical (unpaired) electrons. The molecule has 2 aliphatic heterocycles. The highest BCUT2D eigenvalue weighted by Gasteiger charge is 2.24. The van der Waals surface area contributed by atoms with E-state index in [0.717, 1.165) is 64.0 Å². The Morgan fingerprint density at radius 1 is 1.12 bits per heavy atom. The molecule has 3 heterocycles. The van der Waals surface area contributed by atoms with Gasteiger partial charge in [-0.15, -0.1) is 0 Å². The van der Waals surface area contributed by atoms with Gasteiger partial charge in [-0.25, -0.2) is 0 Å². The molecule has 0 atom stereocenters. The van der Waals surface area contributed by atoms with E-state index in [2.05, 4.69) is 15.1 Å². The van der Waals surface area contributed by atoms with Gasteiger partial charge in [-0.1, -0.05) is 0 Å². The molecule has 2 fully saturated rings. The first-order valence-electron chi connectivity index (χ1n) is 8.90. The minimum atomic E-state index is -0.0472. The first-order chi connectivity index (χ1) is 12.2. The molecule has 2 aliphatic rings. The van der Waals surface area contributed by atoms with Crippen LogP contribution < -0.4 is 5.32 Å². The zero-order valence-corrected chi connectivity index (χ0v) is 15.3. The molecule has 0 saturated carbocycles. The minimum absolute atomic E-state index is 0.0472. The summed E-state index contributed by atoms with van der Waals surface area (Å²) in [6.45, 7) is 8.51. The zero-order valence-electron chi connectivity index (χ0n) is 14.5. The summed E-state index contributed by atoms with van der Waals surface area (Å²) in [5.41, 5.74) is 0. The van der Waals surface area contributed by atoms with Crippen molar-refractivity contribution in [3.63, 3.8) is 0 Å². The van der Waals surface area contributed by atoms with E-state index < -0.39 is 0 Å². The van der Waals surface area contributed by atoms with Crippen molar-refractivity contribution >= 4 is 23.2 Å². The molecule has 1 amide bonds. The van der Waals surface area contributed by atoms with Crippen molar-refractivity contribution in [1.29, 1.82) is 0 Å². The Kier molecular flexibility index (Phi) is 6.66. The summed E-state index contributed by atoms with van der Waals surface area (Å²) in [5, 5.41) is 4.13. The number of nitrogens with one attached hydrogen (secondary N) is 1. The summed E-state index contributed by atoms with van der Waals surface area (Å²) in [7, 11) is 0. The van der Waals surface area contributed by atoms with Crippen molar-refractivity contribution in [3.05, 3.63) is 24.2 Å². The number of amides is 1. The summed E-state index contributed by atoms with van der Waals surface area (Å²) < 4.78 is 10.5. The van der Waals surface area contributed by atoms with Gasteiger partial charge in [0.05, 0.1) is 19.5 Å². The largest absolute Gasteiger partial charge is 0.459 e. The highest BCUT2D eigenvalue weighted by molar-refractivity contribution is 7.80. The molecule has 138 valence electrons. The highest BCUT2D eigenvalue weighted by Crippen LogP contribution is 2.09. The molecule has 2 saturated heterocycles. The molecule has 8 heteroatoms. The van der Waals surface area contributed by atoms with Gasteiger partial charge in [-0.2, -0.15) is 0 Å². The Morgan fingerprint density at radius 3 is 2.52 bits per heavy atom. The van der Waals surface area contributed by atoms with Gasteiger partial charge in [-0.3, -0.25) is 9.69 Å². The molecule has 25 heavy (non-hydrogen) atoms. The van der Waals surface area contributed by atoms with Gasteiger partial charge in [0, 0.05) is 45.8 Å². The van der Waals surface area contributed by atoms with Crippen molar-refractivity contribution in [2.75, 3.05) is 65.6 Å². The summed E-state index contributed by atoms with van der Waals surface area (Å²) >= 11 is 5.49. The van der Waals surface area contributed by atoms with Gasteiger partial charge in [-0.05, 0) is 37.3 Å². The summed E-state index contributed by atoms with van der Waals surface area (Å²) in [4.78, 5) is 18.6. The second-order valence-corrected chi connectivity index (χ2v) is 6.68. The van der Waals surface area contributed by atoms with Gasteiger partial charge in [0.25, 0.3) is 5.91 Å². The maximum atomic E-state index is 12.3. The van der Waals surface area contributed by atoms with Crippen LogP contribution in [0.2, 0.25) is 0 Å². The van der Waals surface area contributed by atoms with Crippen LogP contribution in [0.5, 0.6) is 0 Å². The van der Waals surface area contributed by atoms with Crippen molar-refractivity contribution in [2.24, 2.45) is 0 Å². The smallest absolute Gasteiger partial charge is 0.289 e. The maximum absolute atomic E-state index is 12.3. The number of ether oxygens (including phenoxy) is 1. The molecule has 1 aromatic heterocycles. The lowest BCUT2D eigenvalue weighted by Crippen LogP contribution is -2.53.